The summed E-state index contributed by atoms with van der Waals surface area (Å²) in [6.07, 6.45) is 6.76. The van der Waals surface area contributed by atoms with Gasteiger partial charge in [0.25, 0.3) is 0 Å². The number of rotatable bonds is 7. The molecule has 1 atom stereocenters. The van der Waals surface area contributed by atoms with Crippen LogP contribution in [0.4, 0.5) is 0 Å². The van der Waals surface area contributed by atoms with Crippen LogP contribution in [0.2, 0.25) is 0 Å². The highest BCUT2D eigenvalue weighted by molar-refractivity contribution is 5.78. The molecule has 1 aromatic carbocycles. The molecular weight excluding hydrogens is 264 g/mol. The van der Waals surface area contributed by atoms with Gasteiger partial charge in [-0.15, -0.1) is 0 Å². The maximum atomic E-state index is 11.9. The maximum Gasteiger partial charge on any atom is 0.234 e. The van der Waals surface area contributed by atoms with Gasteiger partial charge >= 0.3 is 0 Å². The number of carbonyl (C=O) groups excluding carboxylic acids is 1. The average Bonchev–Trinajstić information content (AvgIpc) is 2.98. The number of phenolic OH excluding ortho intramolecular Hbond substituents is 1. The molecular formula is C17H26N2O2. The number of carbonyl (C=O) groups is 1. The molecule has 1 aromatic rings. The normalized spacial score (nSPS) is 16.8. The summed E-state index contributed by atoms with van der Waals surface area (Å²) in [6, 6.07) is 7.94. The molecule has 1 amide bonds. The topological polar surface area (TPSA) is 61.4 Å². The first-order chi connectivity index (χ1) is 10.1. The lowest BCUT2D eigenvalue weighted by Gasteiger charge is -2.16. The zero-order valence-corrected chi connectivity index (χ0v) is 12.8. The third-order valence-corrected chi connectivity index (χ3v) is 4.12. The molecule has 116 valence electrons. The van der Waals surface area contributed by atoms with Crippen LogP contribution in [0, 0.1) is 0 Å². The second kappa shape index (κ2) is 8.03. The molecule has 4 heteroatoms. The molecule has 0 saturated heterocycles. The van der Waals surface area contributed by atoms with Gasteiger partial charge in [-0.05, 0) is 50.3 Å². The molecule has 0 heterocycles. The zero-order valence-electron chi connectivity index (χ0n) is 12.8. The van der Waals surface area contributed by atoms with Crippen molar-refractivity contribution in [2.24, 2.45) is 0 Å². The number of nitrogens with one attached hydrogen (secondary N) is 2. The van der Waals surface area contributed by atoms with Crippen molar-refractivity contribution in [3.05, 3.63) is 29.8 Å². The van der Waals surface area contributed by atoms with Crippen LogP contribution < -0.4 is 10.6 Å². The van der Waals surface area contributed by atoms with Crippen LogP contribution >= 0.6 is 0 Å². The molecule has 0 bridgehead atoms. The SMILES string of the molecule is CC(CCc1ccc(O)cc1)NC(=O)CNC1CCCC1. The van der Waals surface area contributed by atoms with Crippen LogP contribution in [-0.2, 0) is 11.2 Å². The second-order valence-corrected chi connectivity index (χ2v) is 6.04. The molecule has 1 aliphatic rings. The number of aryl methyl sites for hydroxylation is 1. The van der Waals surface area contributed by atoms with Gasteiger partial charge in [-0.25, -0.2) is 0 Å². The van der Waals surface area contributed by atoms with E-state index in [2.05, 4.69) is 10.6 Å². The molecule has 0 aliphatic heterocycles. The minimum Gasteiger partial charge on any atom is -0.508 e. The predicted octanol–water partition coefficient (Wildman–Crippen LogP) is 2.36. The molecule has 1 saturated carbocycles. The van der Waals surface area contributed by atoms with Crippen molar-refractivity contribution in [3.63, 3.8) is 0 Å². The van der Waals surface area contributed by atoms with E-state index in [-0.39, 0.29) is 17.7 Å². The van der Waals surface area contributed by atoms with Gasteiger partial charge in [-0.2, -0.15) is 0 Å². The van der Waals surface area contributed by atoms with E-state index < -0.39 is 0 Å². The molecule has 2 rings (SSSR count). The quantitative estimate of drug-likeness (QED) is 0.722. The number of amides is 1. The second-order valence-electron chi connectivity index (χ2n) is 6.04. The van der Waals surface area contributed by atoms with Gasteiger partial charge in [-0.3, -0.25) is 4.79 Å². The van der Waals surface area contributed by atoms with Gasteiger partial charge in [0, 0.05) is 12.1 Å². The highest BCUT2D eigenvalue weighted by atomic mass is 16.3. The molecule has 21 heavy (non-hydrogen) atoms. The molecule has 0 aromatic heterocycles. The van der Waals surface area contributed by atoms with Gasteiger partial charge in [-0.1, -0.05) is 25.0 Å². The Balaban J connectivity index is 1.62. The van der Waals surface area contributed by atoms with E-state index in [4.69, 9.17) is 0 Å². The third kappa shape index (κ3) is 5.76. The van der Waals surface area contributed by atoms with Crippen molar-refractivity contribution >= 4 is 5.91 Å². The molecule has 1 fully saturated rings. The van der Waals surface area contributed by atoms with Crippen LogP contribution in [-0.4, -0.2) is 29.6 Å². The van der Waals surface area contributed by atoms with Crippen molar-refractivity contribution in [3.8, 4) is 5.75 Å². The van der Waals surface area contributed by atoms with Gasteiger partial charge in [0.2, 0.25) is 5.91 Å². The molecule has 4 nitrogen and oxygen atoms in total. The summed E-state index contributed by atoms with van der Waals surface area (Å²) in [5.74, 6) is 0.373. The Kier molecular flexibility index (Phi) is 6.05. The average molecular weight is 290 g/mol. The smallest absolute Gasteiger partial charge is 0.234 e. The summed E-state index contributed by atoms with van der Waals surface area (Å²) < 4.78 is 0. The van der Waals surface area contributed by atoms with Crippen LogP contribution in [0.15, 0.2) is 24.3 Å². The third-order valence-electron chi connectivity index (χ3n) is 4.12. The molecule has 0 radical (unpaired) electrons. The lowest BCUT2D eigenvalue weighted by molar-refractivity contribution is -0.121. The van der Waals surface area contributed by atoms with Crippen LogP contribution in [0.25, 0.3) is 0 Å². The number of aromatic hydroxyl groups is 1. The number of hydrogen-bond acceptors (Lipinski definition) is 3. The fraction of sp³-hybridized carbons (Fsp3) is 0.588. The van der Waals surface area contributed by atoms with E-state index in [9.17, 15) is 9.90 Å². The first-order valence-corrected chi connectivity index (χ1v) is 7.94. The van der Waals surface area contributed by atoms with E-state index in [1.165, 1.54) is 31.2 Å². The van der Waals surface area contributed by atoms with Crippen molar-refractivity contribution in [2.45, 2.75) is 57.5 Å². The minimum absolute atomic E-state index is 0.0834. The van der Waals surface area contributed by atoms with E-state index in [0.717, 1.165) is 12.8 Å². The zero-order chi connectivity index (χ0) is 15.1. The van der Waals surface area contributed by atoms with Crippen molar-refractivity contribution in [1.29, 1.82) is 0 Å². The lowest BCUT2D eigenvalue weighted by Crippen LogP contribution is -2.41. The summed E-state index contributed by atoms with van der Waals surface area (Å²) in [5, 5.41) is 15.6. The van der Waals surface area contributed by atoms with Gasteiger partial charge in [0.1, 0.15) is 5.75 Å². The highest BCUT2D eigenvalue weighted by Gasteiger charge is 2.15. The van der Waals surface area contributed by atoms with Gasteiger partial charge in [0.15, 0.2) is 0 Å². The predicted molar refractivity (Wildman–Crippen MR) is 84.3 cm³/mol. The van der Waals surface area contributed by atoms with Crippen LogP contribution in [0.3, 0.4) is 0 Å². The Bertz CT molecular complexity index is 439. The number of phenols is 1. The summed E-state index contributed by atoms with van der Waals surface area (Å²) in [5.41, 5.74) is 1.18. The first kappa shape index (κ1) is 15.8. The van der Waals surface area contributed by atoms with E-state index in [1.54, 1.807) is 12.1 Å². The number of benzene rings is 1. The summed E-state index contributed by atoms with van der Waals surface area (Å²) in [7, 11) is 0. The monoisotopic (exact) mass is 290 g/mol. The Labute approximate surface area is 126 Å². The van der Waals surface area contributed by atoms with Crippen molar-refractivity contribution in [2.75, 3.05) is 6.54 Å². The van der Waals surface area contributed by atoms with Crippen molar-refractivity contribution in [1.82, 2.24) is 10.6 Å². The highest BCUT2D eigenvalue weighted by Crippen LogP contribution is 2.17. The maximum absolute atomic E-state index is 11.9. The van der Waals surface area contributed by atoms with Crippen LogP contribution in [0.1, 0.15) is 44.6 Å². The van der Waals surface area contributed by atoms with E-state index in [0.29, 0.717) is 12.6 Å². The molecule has 3 N–H and O–H groups in total. The van der Waals surface area contributed by atoms with Crippen LogP contribution in [0.5, 0.6) is 5.75 Å². The Morgan fingerprint density at radius 1 is 1.29 bits per heavy atom. The standard InChI is InChI=1S/C17H26N2O2/c1-13(6-7-14-8-10-16(20)11-9-14)19-17(21)12-18-15-4-2-3-5-15/h8-11,13,15,18,20H,2-7,12H2,1H3,(H,19,21). The summed E-state index contributed by atoms with van der Waals surface area (Å²) in [6.45, 7) is 2.46. The Morgan fingerprint density at radius 2 is 1.95 bits per heavy atom. The Morgan fingerprint density at radius 3 is 2.62 bits per heavy atom. The Hall–Kier alpha value is -1.55. The summed E-state index contributed by atoms with van der Waals surface area (Å²) >= 11 is 0. The molecule has 0 spiro atoms. The largest absolute Gasteiger partial charge is 0.508 e. The van der Waals surface area contributed by atoms with Gasteiger partial charge < -0.3 is 15.7 Å². The summed E-state index contributed by atoms with van der Waals surface area (Å²) in [4.78, 5) is 11.9. The fourth-order valence-corrected chi connectivity index (χ4v) is 2.81. The number of hydrogen-bond donors (Lipinski definition) is 3. The lowest BCUT2D eigenvalue weighted by atomic mass is 10.1. The van der Waals surface area contributed by atoms with E-state index >= 15 is 0 Å². The van der Waals surface area contributed by atoms with E-state index in [1.807, 2.05) is 19.1 Å². The van der Waals surface area contributed by atoms with Crippen molar-refractivity contribution < 1.29 is 9.90 Å². The minimum atomic E-state index is 0.0834. The molecule has 1 unspecified atom stereocenters. The van der Waals surface area contributed by atoms with Gasteiger partial charge in [0.05, 0.1) is 6.54 Å². The molecule has 1 aliphatic carbocycles. The fourth-order valence-electron chi connectivity index (χ4n) is 2.81. The first-order valence-electron chi connectivity index (χ1n) is 7.94.